The minimum atomic E-state index is -3.57. The van der Waals surface area contributed by atoms with Gasteiger partial charge in [-0.2, -0.15) is 0 Å². The number of nitro groups is 1. The quantitative estimate of drug-likeness (QED) is 0.585. The highest BCUT2D eigenvalue weighted by atomic mass is 32.2. The maximum atomic E-state index is 11.5. The van der Waals surface area contributed by atoms with E-state index in [0.29, 0.717) is 15.5 Å². The van der Waals surface area contributed by atoms with Gasteiger partial charge in [0.1, 0.15) is 5.84 Å². The summed E-state index contributed by atoms with van der Waals surface area (Å²) in [6, 6.07) is 13.3. The summed E-state index contributed by atoms with van der Waals surface area (Å²) < 4.78 is 66.4. The van der Waals surface area contributed by atoms with Crippen LogP contribution >= 0.6 is 11.8 Å². The van der Waals surface area contributed by atoms with Gasteiger partial charge in [-0.25, -0.2) is 15.1 Å². The molecule has 0 bridgehead atoms. The van der Waals surface area contributed by atoms with Crippen molar-refractivity contribution in [3.05, 3.63) is 64.2 Å². The molecular weight excluding hydrogens is 324 g/mol. The zero-order valence-electron chi connectivity index (χ0n) is 20.1. The highest BCUT2D eigenvalue weighted by Gasteiger charge is 2.28. The molecule has 122 valence electrons. The molecule has 0 amide bonds. The fourth-order valence-electron chi connectivity index (χ4n) is 2.28. The lowest BCUT2D eigenvalue weighted by Crippen LogP contribution is -2.50. The molecule has 2 aromatic rings. The Balaban J connectivity index is 2.05. The van der Waals surface area contributed by atoms with Gasteiger partial charge in [-0.05, 0) is 18.2 Å². The van der Waals surface area contributed by atoms with Gasteiger partial charge >= 0.3 is 0 Å². The minimum absolute atomic E-state index is 0.239. The molecule has 0 aromatic heterocycles. The van der Waals surface area contributed by atoms with Crippen LogP contribution in [-0.2, 0) is 0 Å². The molecule has 7 heteroatoms. The molecule has 0 N–H and O–H groups in total. The van der Waals surface area contributed by atoms with E-state index in [1.165, 1.54) is 17.8 Å². The fourth-order valence-corrected chi connectivity index (χ4v) is 3.30. The van der Waals surface area contributed by atoms with Gasteiger partial charge in [0.25, 0.3) is 0 Å². The van der Waals surface area contributed by atoms with Crippen LogP contribution in [-0.4, -0.2) is 46.8 Å². The second-order valence-corrected chi connectivity index (χ2v) is 5.92. The van der Waals surface area contributed by atoms with Gasteiger partial charge in [0, 0.05) is 28.3 Å². The van der Waals surface area contributed by atoms with Gasteiger partial charge in [0.05, 0.1) is 29.6 Å². The van der Waals surface area contributed by atoms with Crippen molar-refractivity contribution in [2.75, 3.05) is 26.0 Å². The number of hydrogen-bond acceptors (Lipinski definition) is 5. The summed E-state index contributed by atoms with van der Waals surface area (Å²) >= 11 is 1.28. The van der Waals surface area contributed by atoms with Crippen LogP contribution < -0.4 is 0 Å². The van der Waals surface area contributed by atoms with Crippen LogP contribution in [0.4, 0.5) is 5.69 Å². The molecule has 0 spiro atoms. The molecule has 2 aromatic carbocycles. The molecule has 2 heterocycles. The summed E-state index contributed by atoms with van der Waals surface area (Å²) in [4.78, 5) is 17.4. The molecule has 0 aliphatic carbocycles. The Bertz CT molecular complexity index is 1120. The number of benzene rings is 2. The van der Waals surface area contributed by atoms with Gasteiger partial charge < -0.3 is 4.90 Å². The van der Waals surface area contributed by atoms with Crippen molar-refractivity contribution in [2.45, 2.75) is 9.79 Å². The predicted octanol–water partition coefficient (Wildman–Crippen LogP) is 3.04. The van der Waals surface area contributed by atoms with E-state index >= 15 is 0 Å². The molecule has 1 fully saturated rings. The van der Waals surface area contributed by atoms with Crippen molar-refractivity contribution in [3.8, 4) is 0 Å². The number of nitrogens with zero attached hydrogens (tertiary/aromatic N) is 4. The Hall–Kier alpha value is -2.54. The van der Waals surface area contributed by atoms with Gasteiger partial charge in [0.15, 0.2) is 5.03 Å². The molecule has 0 unspecified atom stereocenters. The SMILES string of the molecule is [2H]C1([2H])N(C2=Nc3ccccc3Sc3ccccc32)C([2H])([2H])C([2H])([2H])N([N+](=O)[O-])C1([2H])[2H]. The zero-order valence-corrected chi connectivity index (χ0v) is 12.9. The lowest BCUT2D eigenvalue weighted by molar-refractivity contribution is -0.657. The van der Waals surface area contributed by atoms with E-state index in [1.54, 1.807) is 42.5 Å². The van der Waals surface area contributed by atoms with Crippen LogP contribution in [0.2, 0.25) is 0 Å². The third-order valence-corrected chi connectivity index (χ3v) is 4.49. The summed E-state index contributed by atoms with van der Waals surface area (Å²) in [5, 5.41) is 9.43. The van der Waals surface area contributed by atoms with Crippen LogP contribution in [0.5, 0.6) is 0 Å². The van der Waals surface area contributed by atoms with E-state index in [9.17, 15) is 10.1 Å². The lowest BCUT2D eigenvalue weighted by Gasteiger charge is -2.32. The zero-order chi connectivity index (χ0) is 23.7. The number of piperazine rings is 1. The maximum absolute atomic E-state index is 11.5. The van der Waals surface area contributed by atoms with Crippen molar-refractivity contribution in [2.24, 2.45) is 4.99 Å². The number of amidine groups is 1. The van der Waals surface area contributed by atoms with Crippen LogP contribution in [0.15, 0.2) is 63.3 Å². The largest absolute Gasteiger partial charge is 0.352 e. The number of aliphatic imine (C=N–C) groups is 1. The van der Waals surface area contributed by atoms with Crippen molar-refractivity contribution < 1.29 is 16.0 Å². The average molecular weight is 348 g/mol. The van der Waals surface area contributed by atoms with Crippen molar-refractivity contribution in [1.82, 2.24) is 9.91 Å². The molecule has 1 saturated heterocycles. The van der Waals surface area contributed by atoms with Crippen LogP contribution in [0.25, 0.3) is 0 Å². The van der Waals surface area contributed by atoms with Gasteiger partial charge in [-0.3, -0.25) is 0 Å². The van der Waals surface area contributed by atoms with E-state index in [0.717, 1.165) is 0 Å². The average Bonchev–Trinajstić information content (AvgIpc) is 2.82. The Morgan fingerprint density at radius 3 is 2.46 bits per heavy atom. The predicted molar refractivity (Wildman–Crippen MR) is 93.3 cm³/mol. The Morgan fingerprint density at radius 1 is 1.04 bits per heavy atom. The monoisotopic (exact) mass is 348 g/mol. The summed E-state index contributed by atoms with van der Waals surface area (Å²) in [7, 11) is 0. The van der Waals surface area contributed by atoms with E-state index in [-0.39, 0.29) is 16.3 Å². The third-order valence-electron chi connectivity index (χ3n) is 3.35. The summed E-state index contributed by atoms with van der Waals surface area (Å²) in [5.41, 5.74) is 0.579. The number of hydrazine groups is 1. The highest BCUT2D eigenvalue weighted by Crippen LogP contribution is 2.40. The Morgan fingerprint density at radius 2 is 1.71 bits per heavy atom. The van der Waals surface area contributed by atoms with Crippen LogP contribution in [0.1, 0.15) is 16.5 Å². The standard InChI is InChI=1S/C17H16N4O2S/c22-21(23)20-11-9-19(10-12-20)17-13-5-1-3-7-15(13)24-16-8-4-2-6-14(16)18-17/h1-8H,9-12H2/i9D2,10D2,11D2,12D2. The van der Waals surface area contributed by atoms with Gasteiger partial charge in [0.2, 0.25) is 0 Å². The first-order chi connectivity index (χ1) is 14.7. The smallest absolute Gasteiger partial charge is 0.160 e. The summed E-state index contributed by atoms with van der Waals surface area (Å²) in [6.45, 7) is -13.9. The molecule has 0 radical (unpaired) electrons. The first-order valence-electron chi connectivity index (χ1n) is 10.9. The fraction of sp³-hybridized carbons (Fsp3) is 0.235. The molecule has 6 nitrogen and oxygen atoms in total. The second kappa shape index (κ2) is 6.16. The normalized spacial score (nSPS) is 30.1. The second-order valence-electron chi connectivity index (χ2n) is 4.83. The molecule has 4 rings (SSSR count). The van der Waals surface area contributed by atoms with Gasteiger partial charge in [-0.1, -0.05) is 42.1 Å². The molecule has 2 aliphatic heterocycles. The number of hydrogen-bond donors (Lipinski definition) is 0. The first-order valence-corrected chi connectivity index (χ1v) is 7.76. The Labute approximate surface area is 155 Å². The summed E-state index contributed by atoms with van der Waals surface area (Å²) in [5.74, 6) is -0.371. The van der Waals surface area contributed by atoms with Crippen LogP contribution in [0.3, 0.4) is 0 Å². The van der Waals surface area contributed by atoms with Crippen molar-refractivity contribution in [3.63, 3.8) is 0 Å². The van der Waals surface area contributed by atoms with E-state index in [1.807, 2.05) is 0 Å². The number of para-hydroxylation sites is 1. The highest BCUT2D eigenvalue weighted by molar-refractivity contribution is 7.99. The number of fused-ring (bicyclic) bond motifs is 2. The molecular formula is C17H16N4O2S. The van der Waals surface area contributed by atoms with E-state index in [2.05, 4.69) is 4.99 Å². The minimum Gasteiger partial charge on any atom is -0.352 e. The molecule has 0 atom stereocenters. The molecule has 2 aliphatic rings. The Kier molecular flexibility index (Phi) is 2.19. The summed E-state index contributed by atoms with van der Waals surface area (Å²) in [6.07, 6.45) is 0. The topological polar surface area (TPSA) is 62.0 Å². The van der Waals surface area contributed by atoms with Crippen LogP contribution in [0, 0.1) is 10.1 Å². The van der Waals surface area contributed by atoms with Crippen molar-refractivity contribution in [1.29, 1.82) is 0 Å². The van der Waals surface area contributed by atoms with Crippen molar-refractivity contribution >= 4 is 23.3 Å². The molecule has 0 saturated carbocycles. The van der Waals surface area contributed by atoms with E-state index < -0.39 is 36.0 Å². The number of rotatable bonds is 1. The van der Waals surface area contributed by atoms with E-state index in [4.69, 9.17) is 11.0 Å². The first kappa shape index (κ1) is 8.53. The van der Waals surface area contributed by atoms with Gasteiger partial charge in [-0.15, -0.1) is 5.01 Å². The third kappa shape index (κ3) is 2.71. The lowest BCUT2D eigenvalue weighted by atomic mass is 10.1. The maximum Gasteiger partial charge on any atom is 0.160 e. The molecule has 24 heavy (non-hydrogen) atoms.